The van der Waals surface area contributed by atoms with Gasteiger partial charge in [0.15, 0.2) is 0 Å². The van der Waals surface area contributed by atoms with Crippen LogP contribution in [0, 0.1) is 0 Å². The van der Waals surface area contributed by atoms with E-state index in [4.69, 9.17) is 10.2 Å². The molecule has 0 radical (unpaired) electrons. The topological polar surface area (TPSA) is 115 Å². The number of carboxylic acid groups (broad SMARTS) is 3. The summed E-state index contributed by atoms with van der Waals surface area (Å²) >= 11 is 0. The van der Waals surface area contributed by atoms with Crippen molar-refractivity contribution in [3.8, 4) is 0 Å². The van der Waals surface area contributed by atoms with Gasteiger partial charge in [-0.3, -0.25) is 9.59 Å². The molecule has 0 spiro atoms. The van der Waals surface area contributed by atoms with Gasteiger partial charge in [0.05, 0.1) is 26.2 Å². The summed E-state index contributed by atoms with van der Waals surface area (Å²) in [7, 11) is 0. The minimum absolute atomic E-state index is 0.0644. The average Bonchev–Trinajstić information content (AvgIpc) is 2.91. The number of hydrogen-bond acceptors (Lipinski definition) is 4. The van der Waals surface area contributed by atoms with Crippen LogP contribution in [0.4, 0.5) is 0 Å². The Labute approximate surface area is 245 Å². The van der Waals surface area contributed by atoms with Crippen LogP contribution < -0.4 is 5.11 Å². The average molecular weight is 568 g/mol. The second-order valence-electron chi connectivity index (χ2n) is 11.7. The van der Waals surface area contributed by atoms with Gasteiger partial charge >= 0.3 is 11.9 Å². The van der Waals surface area contributed by atoms with Gasteiger partial charge in [0, 0.05) is 18.8 Å². The third-order valence-electron chi connectivity index (χ3n) is 8.05. The lowest BCUT2D eigenvalue weighted by molar-refractivity contribution is -0.929. The number of rotatable bonds is 31. The van der Waals surface area contributed by atoms with Crippen LogP contribution in [-0.4, -0.2) is 58.8 Å². The molecule has 0 aromatic rings. The molecule has 0 aromatic heterocycles. The van der Waals surface area contributed by atoms with Crippen molar-refractivity contribution in [1.29, 1.82) is 0 Å². The summed E-state index contributed by atoms with van der Waals surface area (Å²) in [4.78, 5) is 32.9. The zero-order valence-corrected chi connectivity index (χ0v) is 25.7. The maximum absolute atomic E-state index is 11.0. The monoisotopic (exact) mass is 567 g/mol. The van der Waals surface area contributed by atoms with Crippen LogP contribution in [0.3, 0.4) is 0 Å². The molecule has 40 heavy (non-hydrogen) atoms. The predicted octanol–water partition coefficient (Wildman–Crippen LogP) is 7.27. The number of aliphatic carboxylic acids is 3. The minimum atomic E-state index is -1.02. The number of allylic oxidation sites excluding steroid dienone is 2. The number of quaternary nitrogens is 1. The predicted molar refractivity (Wildman–Crippen MR) is 161 cm³/mol. The van der Waals surface area contributed by atoms with E-state index in [1.165, 1.54) is 83.5 Å². The molecular weight excluding hydrogens is 506 g/mol. The molecule has 0 aromatic carbocycles. The summed E-state index contributed by atoms with van der Waals surface area (Å²) in [5.74, 6) is -2.56. The number of carboxylic acids is 3. The lowest BCUT2D eigenvalue weighted by atomic mass is 10.0. The van der Waals surface area contributed by atoms with Crippen LogP contribution >= 0.6 is 0 Å². The highest BCUT2D eigenvalue weighted by atomic mass is 16.4. The van der Waals surface area contributed by atoms with Gasteiger partial charge in [-0.1, -0.05) is 76.4 Å². The molecule has 0 bridgehead atoms. The third-order valence-corrected chi connectivity index (χ3v) is 8.05. The molecule has 0 aliphatic rings. The number of carbonyl (C=O) groups is 3. The summed E-state index contributed by atoms with van der Waals surface area (Å²) in [5.41, 5.74) is 0. The lowest BCUT2D eigenvalue weighted by Gasteiger charge is -2.39. The molecule has 0 saturated carbocycles. The first-order chi connectivity index (χ1) is 19.3. The number of nitrogens with zero attached hydrogens (tertiary/aromatic N) is 1. The largest absolute Gasteiger partial charge is 0.550 e. The van der Waals surface area contributed by atoms with E-state index in [1.54, 1.807) is 0 Å². The Morgan fingerprint density at radius 2 is 0.850 bits per heavy atom. The smallest absolute Gasteiger partial charge is 0.303 e. The van der Waals surface area contributed by atoms with Crippen LogP contribution in [0.1, 0.15) is 155 Å². The van der Waals surface area contributed by atoms with Crippen molar-refractivity contribution in [3.05, 3.63) is 12.2 Å². The van der Waals surface area contributed by atoms with Gasteiger partial charge in [-0.15, -0.1) is 0 Å². The summed E-state index contributed by atoms with van der Waals surface area (Å²) in [5, 5.41) is 28.9. The first kappa shape index (κ1) is 38.1. The van der Waals surface area contributed by atoms with Crippen LogP contribution in [0.15, 0.2) is 12.2 Å². The Bertz CT molecular complexity index is 608. The van der Waals surface area contributed by atoms with Crippen LogP contribution in [0.5, 0.6) is 0 Å². The minimum Gasteiger partial charge on any atom is -0.550 e. The number of carbonyl (C=O) groups excluding carboxylic acids is 1. The SMILES string of the molecule is C/C=C/CCCCCCCCCCCCCCC[N+](CCCCC(=O)[O-])(CCCCC(=O)O)CCCCC(=O)O. The van der Waals surface area contributed by atoms with E-state index in [0.717, 1.165) is 56.3 Å². The van der Waals surface area contributed by atoms with Crippen molar-refractivity contribution in [1.82, 2.24) is 0 Å². The normalized spacial score (nSPS) is 11.8. The van der Waals surface area contributed by atoms with Crippen molar-refractivity contribution >= 4 is 17.9 Å². The van der Waals surface area contributed by atoms with E-state index in [2.05, 4.69) is 19.1 Å². The highest BCUT2D eigenvalue weighted by molar-refractivity contribution is 5.66. The van der Waals surface area contributed by atoms with Gasteiger partial charge < -0.3 is 24.6 Å². The highest BCUT2D eigenvalue weighted by Gasteiger charge is 2.26. The van der Waals surface area contributed by atoms with Crippen LogP contribution in [-0.2, 0) is 14.4 Å². The molecule has 0 heterocycles. The van der Waals surface area contributed by atoms with Crippen molar-refractivity contribution in [3.63, 3.8) is 0 Å². The van der Waals surface area contributed by atoms with Crippen molar-refractivity contribution in [2.75, 3.05) is 26.2 Å². The summed E-state index contributed by atoms with van der Waals surface area (Å²) in [6.45, 7) is 5.70. The Morgan fingerprint density at radius 3 is 1.20 bits per heavy atom. The molecule has 0 unspecified atom stereocenters. The van der Waals surface area contributed by atoms with E-state index in [0.29, 0.717) is 19.3 Å². The Kier molecular flexibility index (Phi) is 26.0. The fraction of sp³-hybridized carbons (Fsp3) is 0.848. The maximum Gasteiger partial charge on any atom is 0.303 e. The second kappa shape index (κ2) is 27.3. The van der Waals surface area contributed by atoms with Crippen LogP contribution in [0.2, 0.25) is 0 Å². The molecule has 0 aliphatic carbocycles. The highest BCUT2D eigenvalue weighted by Crippen LogP contribution is 2.20. The summed E-state index contributed by atoms with van der Waals surface area (Å²) in [6, 6.07) is 0. The molecule has 0 aliphatic heterocycles. The molecule has 0 fully saturated rings. The van der Waals surface area contributed by atoms with Gasteiger partial charge in [-0.2, -0.15) is 0 Å². The molecule has 234 valence electrons. The number of unbranched alkanes of at least 4 members (excludes halogenated alkanes) is 16. The zero-order valence-electron chi connectivity index (χ0n) is 25.7. The molecule has 2 N–H and O–H groups in total. The van der Waals surface area contributed by atoms with E-state index in [-0.39, 0.29) is 19.3 Å². The number of hydrogen-bond donors (Lipinski definition) is 2. The Balaban J connectivity index is 4.41. The molecule has 0 amide bonds. The molecule has 0 saturated heterocycles. The molecular formula is C33H61NO6. The van der Waals surface area contributed by atoms with E-state index >= 15 is 0 Å². The maximum atomic E-state index is 11.0. The fourth-order valence-electron chi connectivity index (χ4n) is 5.65. The summed E-state index contributed by atoms with van der Waals surface area (Å²) < 4.78 is 0.849. The standard InChI is InChI=1S/C33H61NO6/c1-2-3-4-5-6-7-8-9-10-11-12-13-14-15-16-20-27-34(28-21-17-24-31(35)36,29-22-18-25-32(37)38)30-23-19-26-33(39)40/h2-3H,4-30H2,1H3,(H2-,35,36,37,38,39,40)/b3-2+. The fourth-order valence-corrected chi connectivity index (χ4v) is 5.65. The van der Waals surface area contributed by atoms with Crippen molar-refractivity contribution in [2.45, 2.75) is 155 Å². The van der Waals surface area contributed by atoms with Crippen LogP contribution in [0.25, 0.3) is 0 Å². The molecule has 0 rings (SSSR count). The van der Waals surface area contributed by atoms with Gasteiger partial charge in [0.1, 0.15) is 0 Å². The van der Waals surface area contributed by atoms with E-state index in [1.807, 2.05) is 0 Å². The second-order valence-corrected chi connectivity index (χ2v) is 11.7. The third kappa shape index (κ3) is 26.3. The lowest BCUT2D eigenvalue weighted by Crippen LogP contribution is -2.51. The molecule has 0 atom stereocenters. The molecule has 7 nitrogen and oxygen atoms in total. The van der Waals surface area contributed by atoms with Gasteiger partial charge in [0.25, 0.3) is 0 Å². The van der Waals surface area contributed by atoms with E-state index < -0.39 is 17.9 Å². The van der Waals surface area contributed by atoms with Gasteiger partial charge in [-0.05, 0) is 77.6 Å². The molecule has 7 heteroatoms. The Hall–Kier alpha value is -1.89. The van der Waals surface area contributed by atoms with Gasteiger partial charge in [-0.25, -0.2) is 0 Å². The summed E-state index contributed by atoms with van der Waals surface area (Å²) in [6.07, 6.45) is 27.2. The zero-order chi connectivity index (χ0) is 29.7. The van der Waals surface area contributed by atoms with Gasteiger partial charge in [0.2, 0.25) is 0 Å². The Morgan fingerprint density at radius 1 is 0.525 bits per heavy atom. The first-order valence-electron chi connectivity index (χ1n) is 16.4. The van der Waals surface area contributed by atoms with Crippen molar-refractivity contribution in [2.24, 2.45) is 0 Å². The van der Waals surface area contributed by atoms with E-state index in [9.17, 15) is 19.5 Å². The first-order valence-corrected chi connectivity index (χ1v) is 16.4. The quantitative estimate of drug-likeness (QED) is 0.0517. The van der Waals surface area contributed by atoms with Crippen molar-refractivity contribution < 1.29 is 34.2 Å².